The lowest BCUT2D eigenvalue weighted by Gasteiger charge is -2.23. The van der Waals surface area contributed by atoms with E-state index in [0.717, 1.165) is 0 Å². The minimum absolute atomic E-state index is 0.0116. The lowest BCUT2D eigenvalue weighted by molar-refractivity contribution is 0.475. The van der Waals surface area contributed by atoms with Gasteiger partial charge in [-0.05, 0) is 53.2 Å². The van der Waals surface area contributed by atoms with Crippen LogP contribution in [0.4, 0.5) is 11.4 Å². The van der Waals surface area contributed by atoms with Crippen LogP contribution in [0, 0.1) is 0 Å². The van der Waals surface area contributed by atoms with Crippen molar-refractivity contribution in [1.29, 1.82) is 0 Å². The highest BCUT2D eigenvalue weighted by Gasteiger charge is 2.26. The minimum atomic E-state index is -3.75. The molecule has 0 aromatic heterocycles. The van der Waals surface area contributed by atoms with E-state index in [1.165, 1.54) is 28.6 Å². The number of rotatable bonds is 4. The third kappa shape index (κ3) is 3.14. The Kier molecular flexibility index (Phi) is 4.43. The number of hydrogen-bond acceptors (Lipinski definition) is 4. The molecule has 2 aromatic carbocycles. The number of nitrogen functional groups attached to an aromatic ring is 1. The van der Waals surface area contributed by atoms with E-state index < -0.39 is 10.0 Å². The van der Waals surface area contributed by atoms with Gasteiger partial charge in [0.25, 0.3) is 10.0 Å². The van der Waals surface area contributed by atoms with E-state index in [4.69, 9.17) is 5.73 Å². The Balaban J connectivity index is 2.54. The Morgan fingerprint density at radius 1 is 1.24 bits per heavy atom. The highest BCUT2D eigenvalue weighted by Crippen LogP contribution is 2.31. The molecule has 0 fully saturated rings. The number of aromatic hydroxyl groups is 1. The average molecular weight is 371 g/mol. The first-order chi connectivity index (χ1) is 9.86. The van der Waals surface area contributed by atoms with Crippen molar-refractivity contribution in [3.05, 3.63) is 46.9 Å². The molecule has 0 atom stereocenters. The topological polar surface area (TPSA) is 83.6 Å². The van der Waals surface area contributed by atoms with Gasteiger partial charge < -0.3 is 10.8 Å². The highest BCUT2D eigenvalue weighted by atomic mass is 79.9. The normalized spacial score (nSPS) is 11.3. The summed E-state index contributed by atoms with van der Waals surface area (Å²) in [6.07, 6.45) is 0. The number of halogens is 1. The Labute approximate surface area is 132 Å². The molecule has 0 aliphatic carbocycles. The number of nitrogens with two attached hydrogens (primary N) is 1. The van der Waals surface area contributed by atoms with Crippen molar-refractivity contribution in [2.75, 3.05) is 16.6 Å². The monoisotopic (exact) mass is 370 g/mol. The van der Waals surface area contributed by atoms with Crippen LogP contribution < -0.4 is 10.0 Å². The smallest absolute Gasteiger partial charge is 0.265 e. The molecular formula is C14H15BrN2O3S. The molecule has 3 N–H and O–H groups in total. The van der Waals surface area contributed by atoms with Crippen molar-refractivity contribution in [1.82, 2.24) is 0 Å². The maximum atomic E-state index is 12.8. The fourth-order valence-electron chi connectivity index (χ4n) is 1.98. The third-order valence-corrected chi connectivity index (χ3v) is 5.81. The molecule has 0 heterocycles. The molecule has 0 aliphatic rings. The first-order valence-corrected chi connectivity index (χ1v) is 8.46. The van der Waals surface area contributed by atoms with Crippen molar-refractivity contribution in [2.45, 2.75) is 11.8 Å². The number of sulfonamides is 1. The molecule has 0 spiro atoms. The van der Waals surface area contributed by atoms with Crippen molar-refractivity contribution < 1.29 is 13.5 Å². The Hall–Kier alpha value is -1.73. The summed E-state index contributed by atoms with van der Waals surface area (Å²) in [7, 11) is -3.75. The molecule has 0 saturated heterocycles. The minimum Gasteiger partial charge on any atom is -0.508 e. The lowest BCUT2D eigenvalue weighted by Crippen LogP contribution is -2.31. The summed E-state index contributed by atoms with van der Waals surface area (Å²) in [5.74, 6) is 0.0116. The second-order valence-corrected chi connectivity index (χ2v) is 7.06. The molecule has 2 rings (SSSR count). The van der Waals surface area contributed by atoms with Crippen molar-refractivity contribution in [2.24, 2.45) is 0 Å². The van der Waals surface area contributed by atoms with E-state index in [1.807, 2.05) is 0 Å². The van der Waals surface area contributed by atoms with E-state index in [2.05, 4.69) is 15.9 Å². The van der Waals surface area contributed by atoms with Crippen LogP contribution in [0.1, 0.15) is 6.92 Å². The van der Waals surface area contributed by atoms with E-state index in [-0.39, 0.29) is 17.2 Å². The van der Waals surface area contributed by atoms with Gasteiger partial charge in [0.1, 0.15) is 10.6 Å². The van der Waals surface area contributed by atoms with E-state index in [9.17, 15) is 13.5 Å². The standard InChI is InChI=1S/C14H15BrN2O3S/c1-2-17(11-4-3-5-12(18)9-11)21(19,20)14-7-6-10(16)8-13(14)15/h3-9,18H,2,16H2,1H3. The van der Waals surface area contributed by atoms with Crippen LogP contribution >= 0.6 is 15.9 Å². The van der Waals surface area contributed by atoms with Gasteiger partial charge in [-0.1, -0.05) is 6.07 Å². The third-order valence-electron chi connectivity index (χ3n) is 2.93. The predicted octanol–water partition coefficient (Wildman–Crippen LogP) is 2.95. The SMILES string of the molecule is CCN(c1cccc(O)c1)S(=O)(=O)c1ccc(N)cc1Br. The Bertz CT molecular complexity index is 763. The van der Waals surface area contributed by atoms with Gasteiger partial charge in [0.15, 0.2) is 0 Å². The Morgan fingerprint density at radius 3 is 2.52 bits per heavy atom. The quantitative estimate of drug-likeness (QED) is 0.810. The second-order valence-electron chi connectivity index (χ2n) is 4.38. The largest absolute Gasteiger partial charge is 0.508 e. The highest BCUT2D eigenvalue weighted by molar-refractivity contribution is 9.10. The summed E-state index contributed by atoms with van der Waals surface area (Å²) in [5, 5.41) is 9.54. The molecular weight excluding hydrogens is 356 g/mol. The predicted molar refractivity (Wildman–Crippen MR) is 86.9 cm³/mol. The van der Waals surface area contributed by atoms with Crippen LogP contribution in [-0.2, 0) is 10.0 Å². The van der Waals surface area contributed by atoms with Gasteiger partial charge in [0, 0.05) is 22.8 Å². The van der Waals surface area contributed by atoms with Gasteiger partial charge in [0.05, 0.1) is 5.69 Å². The molecule has 21 heavy (non-hydrogen) atoms. The van der Waals surface area contributed by atoms with Gasteiger partial charge in [0.2, 0.25) is 0 Å². The number of anilines is 2. The maximum absolute atomic E-state index is 12.8. The van der Waals surface area contributed by atoms with E-state index in [0.29, 0.717) is 15.8 Å². The van der Waals surface area contributed by atoms with Gasteiger partial charge in [-0.3, -0.25) is 4.31 Å². The van der Waals surface area contributed by atoms with Gasteiger partial charge in [-0.25, -0.2) is 8.42 Å². The van der Waals surface area contributed by atoms with E-state index in [1.54, 1.807) is 25.1 Å². The lowest BCUT2D eigenvalue weighted by atomic mass is 10.3. The summed E-state index contributed by atoms with van der Waals surface area (Å²) < 4.78 is 27.2. The average Bonchev–Trinajstić information content (AvgIpc) is 2.38. The van der Waals surface area contributed by atoms with Crippen LogP contribution in [0.2, 0.25) is 0 Å². The van der Waals surface area contributed by atoms with Gasteiger partial charge >= 0.3 is 0 Å². The first-order valence-electron chi connectivity index (χ1n) is 6.23. The van der Waals surface area contributed by atoms with Crippen LogP contribution in [0.3, 0.4) is 0 Å². The van der Waals surface area contributed by atoms with E-state index >= 15 is 0 Å². The number of nitrogens with zero attached hydrogens (tertiary/aromatic N) is 1. The summed E-state index contributed by atoms with van der Waals surface area (Å²) in [5.41, 5.74) is 6.52. The van der Waals surface area contributed by atoms with Crippen LogP contribution in [0.15, 0.2) is 51.8 Å². The van der Waals surface area contributed by atoms with Crippen molar-refractivity contribution in [3.63, 3.8) is 0 Å². The number of phenols is 1. The molecule has 112 valence electrons. The molecule has 2 aromatic rings. The maximum Gasteiger partial charge on any atom is 0.265 e. The molecule has 0 amide bonds. The van der Waals surface area contributed by atoms with Crippen LogP contribution in [-0.4, -0.2) is 20.1 Å². The molecule has 0 saturated carbocycles. The van der Waals surface area contributed by atoms with Crippen molar-refractivity contribution >= 4 is 37.3 Å². The summed E-state index contributed by atoms with van der Waals surface area (Å²) in [4.78, 5) is 0.127. The van der Waals surface area contributed by atoms with Gasteiger partial charge in [-0.15, -0.1) is 0 Å². The summed E-state index contributed by atoms with van der Waals surface area (Å²) in [6.45, 7) is 1.97. The molecule has 0 bridgehead atoms. The zero-order valence-corrected chi connectivity index (χ0v) is 13.7. The first kappa shape index (κ1) is 15.7. The summed E-state index contributed by atoms with van der Waals surface area (Å²) >= 11 is 3.23. The number of hydrogen-bond donors (Lipinski definition) is 2. The fraction of sp³-hybridized carbons (Fsp3) is 0.143. The zero-order valence-electron chi connectivity index (χ0n) is 11.3. The van der Waals surface area contributed by atoms with Crippen LogP contribution in [0.5, 0.6) is 5.75 Å². The zero-order chi connectivity index (χ0) is 15.6. The van der Waals surface area contributed by atoms with Crippen molar-refractivity contribution in [3.8, 4) is 5.75 Å². The second kappa shape index (κ2) is 5.95. The molecule has 5 nitrogen and oxygen atoms in total. The fourth-order valence-corrected chi connectivity index (χ4v) is 4.51. The molecule has 7 heteroatoms. The Morgan fingerprint density at radius 2 is 1.95 bits per heavy atom. The van der Waals surface area contributed by atoms with Crippen LogP contribution in [0.25, 0.3) is 0 Å². The number of benzene rings is 2. The van der Waals surface area contributed by atoms with Gasteiger partial charge in [-0.2, -0.15) is 0 Å². The molecule has 0 radical (unpaired) electrons. The molecule has 0 aliphatic heterocycles. The number of phenolic OH excluding ortho intramolecular Hbond substituents is 1. The summed E-state index contributed by atoms with van der Waals surface area (Å²) in [6, 6.07) is 10.7. The molecule has 0 unspecified atom stereocenters.